The molecule has 0 aromatic heterocycles. The minimum absolute atomic E-state index is 0.0677. The first-order valence-corrected chi connectivity index (χ1v) is 12.6. The lowest BCUT2D eigenvalue weighted by molar-refractivity contribution is -0.137. The summed E-state index contributed by atoms with van der Waals surface area (Å²) in [7, 11) is 0. The molecule has 36 heavy (non-hydrogen) atoms. The van der Waals surface area contributed by atoms with E-state index in [0.29, 0.717) is 30.4 Å². The Morgan fingerprint density at radius 2 is 1.75 bits per heavy atom. The second-order valence-corrected chi connectivity index (χ2v) is 10.1. The van der Waals surface area contributed by atoms with E-state index in [-0.39, 0.29) is 17.0 Å². The molecule has 0 unspecified atom stereocenters. The maximum absolute atomic E-state index is 13.7. The van der Waals surface area contributed by atoms with Crippen molar-refractivity contribution in [2.24, 2.45) is 5.14 Å². The molecule has 5 rings (SSSR count). The standard InChI is InChI=1S/C27H25F4N3OS/c28-19-6-9-21(22(14-19)27(29,30)31)18-5-10-24-23(13-18)26(11-1-2-12-26)16-34(24)25(35)33-15-17-3-7-20(36-32)8-4-17/h3-10,13-14H,1-2,11-12,15-16,32H2,(H,33,35). The van der Waals surface area contributed by atoms with Gasteiger partial charge in [-0.1, -0.05) is 37.1 Å². The zero-order chi connectivity index (χ0) is 25.5. The molecular formula is C27H25F4N3OS. The van der Waals surface area contributed by atoms with Gasteiger partial charge in [0.15, 0.2) is 0 Å². The molecule has 1 aliphatic heterocycles. The molecule has 2 aliphatic rings. The molecule has 0 saturated heterocycles. The lowest BCUT2D eigenvalue weighted by atomic mass is 9.79. The number of fused-ring (bicyclic) bond motifs is 2. The Morgan fingerprint density at radius 3 is 2.42 bits per heavy atom. The van der Waals surface area contributed by atoms with Crippen LogP contribution in [0.3, 0.4) is 0 Å². The van der Waals surface area contributed by atoms with Crippen LogP contribution in [0.4, 0.5) is 28.0 Å². The summed E-state index contributed by atoms with van der Waals surface area (Å²) in [6.07, 6.45) is -0.972. The summed E-state index contributed by atoms with van der Waals surface area (Å²) in [6.45, 7) is 0.825. The molecular weight excluding hydrogens is 490 g/mol. The molecule has 3 aromatic carbocycles. The first-order valence-electron chi connectivity index (χ1n) is 11.7. The van der Waals surface area contributed by atoms with Gasteiger partial charge in [-0.2, -0.15) is 13.2 Å². The van der Waals surface area contributed by atoms with E-state index in [1.807, 2.05) is 24.3 Å². The lowest BCUT2D eigenvalue weighted by Crippen LogP contribution is -2.41. The van der Waals surface area contributed by atoms with Gasteiger partial charge in [-0.15, -0.1) is 0 Å². The van der Waals surface area contributed by atoms with Crippen LogP contribution < -0.4 is 15.4 Å². The highest BCUT2D eigenvalue weighted by molar-refractivity contribution is 7.97. The van der Waals surface area contributed by atoms with Crippen molar-refractivity contribution in [3.63, 3.8) is 0 Å². The van der Waals surface area contributed by atoms with Gasteiger partial charge in [-0.3, -0.25) is 10.0 Å². The summed E-state index contributed by atoms with van der Waals surface area (Å²) in [6, 6.07) is 15.1. The van der Waals surface area contributed by atoms with E-state index in [1.165, 1.54) is 6.07 Å². The van der Waals surface area contributed by atoms with Crippen LogP contribution in [0.1, 0.15) is 42.4 Å². The van der Waals surface area contributed by atoms with Crippen molar-refractivity contribution in [3.8, 4) is 11.1 Å². The summed E-state index contributed by atoms with van der Waals surface area (Å²) in [4.78, 5) is 15.8. The quantitative estimate of drug-likeness (QED) is 0.290. The van der Waals surface area contributed by atoms with Crippen molar-refractivity contribution < 1.29 is 22.4 Å². The Hall–Kier alpha value is -3.04. The number of carbonyl (C=O) groups is 1. The maximum Gasteiger partial charge on any atom is 0.417 e. The zero-order valence-electron chi connectivity index (χ0n) is 19.4. The number of hydrogen-bond donors (Lipinski definition) is 2. The van der Waals surface area contributed by atoms with Crippen LogP contribution >= 0.6 is 11.9 Å². The van der Waals surface area contributed by atoms with Crippen LogP contribution in [0.2, 0.25) is 0 Å². The number of nitrogens with two attached hydrogens (primary N) is 1. The van der Waals surface area contributed by atoms with Gasteiger partial charge in [0.05, 0.1) is 5.56 Å². The highest BCUT2D eigenvalue weighted by Crippen LogP contribution is 2.52. The van der Waals surface area contributed by atoms with Gasteiger partial charge in [0.2, 0.25) is 0 Å². The number of urea groups is 1. The minimum atomic E-state index is -4.69. The number of carbonyl (C=O) groups excluding carboxylic acids is 1. The Balaban J connectivity index is 1.46. The average molecular weight is 516 g/mol. The van der Waals surface area contributed by atoms with Gasteiger partial charge in [-0.05, 0) is 83.4 Å². The van der Waals surface area contributed by atoms with E-state index >= 15 is 0 Å². The predicted molar refractivity (Wildman–Crippen MR) is 133 cm³/mol. The number of halogens is 4. The number of benzene rings is 3. The molecule has 3 N–H and O–H groups in total. The average Bonchev–Trinajstić information content (AvgIpc) is 3.47. The number of anilines is 1. The van der Waals surface area contributed by atoms with Gasteiger partial charge < -0.3 is 5.32 Å². The molecule has 1 aliphatic carbocycles. The molecule has 1 heterocycles. The fourth-order valence-corrected chi connectivity index (χ4v) is 5.75. The van der Waals surface area contributed by atoms with Crippen LogP contribution in [0, 0.1) is 5.82 Å². The molecule has 2 amide bonds. The zero-order valence-corrected chi connectivity index (χ0v) is 20.2. The van der Waals surface area contributed by atoms with Crippen molar-refractivity contribution in [1.82, 2.24) is 5.32 Å². The van der Waals surface area contributed by atoms with Crippen LogP contribution in [-0.2, 0) is 18.1 Å². The molecule has 188 valence electrons. The van der Waals surface area contributed by atoms with E-state index in [1.54, 1.807) is 23.1 Å². The van der Waals surface area contributed by atoms with E-state index in [4.69, 9.17) is 5.14 Å². The largest absolute Gasteiger partial charge is 0.417 e. The van der Waals surface area contributed by atoms with Gasteiger partial charge in [0.25, 0.3) is 0 Å². The third-order valence-electron chi connectivity index (χ3n) is 7.23. The number of alkyl halides is 3. The fraction of sp³-hybridized carbons (Fsp3) is 0.296. The van der Waals surface area contributed by atoms with Gasteiger partial charge in [0, 0.05) is 29.1 Å². The summed E-state index contributed by atoms with van der Waals surface area (Å²) >= 11 is 1.15. The number of amides is 2. The van der Waals surface area contributed by atoms with Crippen LogP contribution in [0.5, 0.6) is 0 Å². The molecule has 0 radical (unpaired) electrons. The van der Waals surface area contributed by atoms with Gasteiger partial charge >= 0.3 is 12.2 Å². The Bertz CT molecular complexity index is 1290. The first kappa shape index (κ1) is 24.6. The number of rotatable bonds is 4. The predicted octanol–water partition coefficient (Wildman–Crippen LogP) is 7.02. The Kier molecular flexibility index (Phi) is 6.46. The molecule has 0 atom stereocenters. The highest BCUT2D eigenvalue weighted by Gasteiger charge is 2.46. The van der Waals surface area contributed by atoms with Crippen LogP contribution in [-0.4, -0.2) is 12.6 Å². The number of nitrogens with one attached hydrogen (secondary N) is 1. The van der Waals surface area contributed by atoms with E-state index in [0.717, 1.165) is 59.7 Å². The maximum atomic E-state index is 13.7. The Labute approximate surface area is 211 Å². The summed E-state index contributed by atoms with van der Waals surface area (Å²) in [5.41, 5.74) is 1.53. The third kappa shape index (κ3) is 4.57. The third-order valence-corrected chi connectivity index (χ3v) is 7.77. The van der Waals surface area contributed by atoms with E-state index in [2.05, 4.69) is 5.32 Å². The molecule has 4 nitrogen and oxygen atoms in total. The van der Waals surface area contributed by atoms with Gasteiger partial charge in [0.1, 0.15) is 5.82 Å². The van der Waals surface area contributed by atoms with E-state index in [9.17, 15) is 22.4 Å². The monoisotopic (exact) mass is 515 g/mol. The molecule has 1 saturated carbocycles. The van der Waals surface area contributed by atoms with Crippen molar-refractivity contribution in [1.29, 1.82) is 0 Å². The normalized spacial score (nSPS) is 16.4. The van der Waals surface area contributed by atoms with E-state index < -0.39 is 17.6 Å². The van der Waals surface area contributed by atoms with Crippen molar-refractivity contribution >= 4 is 23.7 Å². The van der Waals surface area contributed by atoms with Crippen LogP contribution in [0.15, 0.2) is 65.6 Å². The number of hydrogen-bond acceptors (Lipinski definition) is 3. The molecule has 1 spiro atoms. The second kappa shape index (κ2) is 9.44. The molecule has 0 bridgehead atoms. The number of nitrogens with zero attached hydrogens (tertiary/aromatic N) is 1. The fourth-order valence-electron chi connectivity index (χ4n) is 5.46. The topological polar surface area (TPSA) is 58.4 Å². The summed E-state index contributed by atoms with van der Waals surface area (Å²) in [5, 5.41) is 8.52. The Morgan fingerprint density at radius 1 is 1.03 bits per heavy atom. The molecule has 9 heteroatoms. The summed E-state index contributed by atoms with van der Waals surface area (Å²) < 4.78 is 54.7. The first-order chi connectivity index (χ1) is 17.2. The SMILES string of the molecule is NSc1ccc(CNC(=O)N2CC3(CCCC3)c3cc(-c4ccc(F)cc4C(F)(F)F)ccc32)cc1. The van der Waals surface area contributed by atoms with Crippen molar-refractivity contribution in [2.75, 3.05) is 11.4 Å². The summed E-state index contributed by atoms with van der Waals surface area (Å²) in [5.74, 6) is -0.932. The van der Waals surface area contributed by atoms with Gasteiger partial charge in [-0.25, -0.2) is 9.18 Å². The molecule has 3 aromatic rings. The lowest BCUT2D eigenvalue weighted by Gasteiger charge is -2.25. The second-order valence-electron chi connectivity index (χ2n) is 9.41. The molecule has 1 fully saturated rings. The smallest absolute Gasteiger partial charge is 0.334 e. The minimum Gasteiger partial charge on any atom is -0.334 e. The van der Waals surface area contributed by atoms with Crippen molar-refractivity contribution in [3.05, 3.63) is 83.2 Å². The van der Waals surface area contributed by atoms with Crippen LogP contribution in [0.25, 0.3) is 11.1 Å². The van der Waals surface area contributed by atoms with Crippen molar-refractivity contribution in [2.45, 2.75) is 48.7 Å². The highest BCUT2D eigenvalue weighted by atomic mass is 32.2.